The zero-order valence-corrected chi connectivity index (χ0v) is 22.5. The monoisotopic (exact) mass is 531 g/mol. The highest BCUT2D eigenvalue weighted by Crippen LogP contribution is 2.47. The highest BCUT2D eigenvalue weighted by molar-refractivity contribution is 7.27. The van der Waals surface area contributed by atoms with Crippen molar-refractivity contribution >= 4 is 76.0 Å². The summed E-state index contributed by atoms with van der Waals surface area (Å²) in [4.78, 5) is 0. The van der Waals surface area contributed by atoms with Crippen LogP contribution in [0, 0.1) is 5.41 Å². The van der Waals surface area contributed by atoms with Gasteiger partial charge < -0.3 is 15.3 Å². The molecule has 0 spiro atoms. The van der Waals surface area contributed by atoms with Crippen molar-refractivity contribution in [2.24, 2.45) is 0 Å². The van der Waals surface area contributed by atoms with Crippen LogP contribution in [-0.2, 0) is 6.54 Å². The van der Waals surface area contributed by atoms with Gasteiger partial charge in [0.25, 0.3) is 0 Å². The summed E-state index contributed by atoms with van der Waals surface area (Å²) in [7, 11) is 0. The molecular weight excluding hydrogens is 506 g/mol. The second-order valence-electron chi connectivity index (χ2n) is 10.2. The second kappa shape index (κ2) is 9.08. The Morgan fingerprint density at radius 2 is 1.38 bits per heavy atom. The summed E-state index contributed by atoms with van der Waals surface area (Å²) in [6.45, 7) is 0.697. The van der Waals surface area contributed by atoms with Crippen LogP contribution in [0.3, 0.4) is 0 Å². The third kappa shape index (κ3) is 3.40. The van der Waals surface area contributed by atoms with Crippen molar-refractivity contribution in [3.8, 4) is 5.69 Å². The lowest BCUT2D eigenvalue weighted by molar-refractivity contribution is 1.13. The van der Waals surface area contributed by atoms with Crippen LogP contribution in [0.25, 0.3) is 58.4 Å². The number of benzene rings is 6. The Hall–Kier alpha value is -4.93. The molecule has 0 radical (unpaired) electrons. The number of nitrogens with zero attached hydrogens (tertiary/aromatic N) is 1. The molecule has 0 bridgehead atoms. The maximum atomic E-state index is 8.06. The summed E-state index contributed by atoms with van der Waals surface area (Å²) in [5, 5.41) is 19.4. The van der Waals surface area contributed by atoms with Gasteiger partial charge in [0.05, 0.1) is 11.0 Å². The van der Waals surface area contributed by atoms with Gasteiger partial charge in [-0.25, -0.2) is 0 Å². The van der Waals surface area contributed by atoms with Crippen molar-refractivity contribution in [2.45, 2.75) is 6.54 Å². The molecule has 0 aliphatic heterocycles. The molecule has 2 aromatic heterocycles. The second-order valence-corrected chi connectivity index (χ2v) is 11.2. The number of nitrogens with one attached hydrogen (secondary N) is 2. The fourth-order valence-corrected chi connectivity index (χ4v) is 7.39. The Balaban J connectivity index is 1.47. The molecule has 4 heteroatoms. The fraction of sp³-hybridized carbons (Fsp3) is 0.0278. The van der Waals surface area contributed by atoms with Crippen LogP contribution in [0.1, 0.15) is 11.1 Å². The Morgan fingerprint density at radius 3 is 2.20 bits per heavy atom. The first kappa shape index (κ1) is 23.0. The quantitative estimate of drug-likeness (QED) is 0.213. The molecule has 6 aromatic carbocycles. The zero-order valence-electron chi connectivity index (χ0n) is 21.7. The minimum absolute atomic E-state index is 0.697. The summed E-state index contributed by atoms with van der Waals surface area (Å²) in [5.41, 5.74) is 6.52. The third-order valence-electron chi connectivity index (χ3n) is 7.92. The van der Waals surface area contributed by atoms with Crippen molar-refractivity contribution in [1.29, 1.82) is 5.41 Å². The van der Waals surface area contributed by atoms with E-state index in [-0.39, 0.29) is 0 Å². The minimum atomic E-state index is 0.697. The molecule has 0 atom stereocenters. The first-order valence-electron chi connectivity index (χ1n) is 13.5. The Bertz CT molecular complexity index is 2240. The number of hydrogen-bond donors (Lipinski definition) is 2. The van der Waals surface area contributed by atoms with Gasteiger partial charge in [-0.1, -0.05) is 91.0 Å². The topological polar surface area (TPSA) is 40.8 Å². The predicted octanol–water partition coefficient (Wildman–Crippen LogP) is 9.91. The van der Waals surface area contributed by atoms with E-state index in [1.807, 2.05) is 17.4 Å². The van der Waals surface area contributed by atoms with Crippen LogP contribution in [0.4, 0.5) is 5.69 Å². The van der Waals surface area contributed by atoms with Gasteiger partial charge in [0.2, 0.25) is 0 Å². The number of rotatable bonds is 5. The van der Waals surface area contributed by atoms with Gasteiger partial charge in [-0.05, 0) is 35.9 Å². The number of hydrogen-bond acceptors (Lipinski definition) is 3. The van der Waals surface area contributed by atoms with Crippen LogP contribution < -0.4 is 5.32 Å². The van der Waals surface area contributed by atoms with Crippen molar-refractivity contribution in [1.82, 2.24) is 4.57 Å². The molecule has 0 saturated carbocycles. The molecule has 3 nitrogen and oxygen atoms in total. The van der Waals surface area contributed by atoms with Gasteiger partial charge in [-0.2, -0.15) is 0 Å². The molecule has 0 aliphatic rings. The Morgan fingerprint density at radius 1 is 0.675 bits per heavy atom. The molecule has 0 saturated heterocycles. The van der Waals surface area contributed by atoms with Crippen molar-refractivity contribution in [3.05, 3.63) is 132 Å². The van der Waals surface area contributed by atoms with Gasteiger partial charge in [-0.15, -0.1) is 11.3 Å². The van der Waals surface area contributed by atoms with Gasteiger partial charge in [0, 0.05) is 71.4 Å². The van der Waals surface area contributed by atoms with E-state index in [2.05, 4.69) is 125 Å². The first-order valence-corrected chi connectivity index (χ1v) is 14.3. The van der Waals surface area contributed by atoms with Crippen molar-refractivity contribution in [3.63, 3.8) is 0 Å². The van der Waals surface area contributed by atoms with Gasteiger partial charge in [0.1, 0.15) is 0 Å². The lowest BCUT2D eigenvalue weighted by Crippen LogP contribution is -2.04. The molecule has 8 rings (SSSR count). The molecule has 2 heterocycles. The number of fused-ring (bicyclic) bond motifs is 10. The van der Waals surface area contributed by atoms with Crippen LogP contribution in [0.2, 0.25) is 0 Å². The van der Waals surface area contributed by atoms with E-state index in [4.69, 9.17) is 5.41 Å². The van der Waals surface area contributed by atoms with E-state index in [1.165, 1.54) is 64.5 Å². The van der Waals surface area contributed by atoms with E-state index in [0.717, 1.165) is 16.9 Å². The van der Waals surface area contributed by atoms with Crippen LogP contribution in [-0.4, -0.2) is 10.8 Å². The lowest BCUT2D eigenvalue weighted by atomic mass is 10.00. The maximum Gasteiger partial charge on any atom is 0.0626 e. The molecule has 40 heavy (non-hydrogen) atoms. The molecule has 0 aliphatic carbocycles. The predicted molar refractivity (Wildman–Crippen MR) is 173 cm³/mol. The molecule has 2 N–H and O–H groups in total. The summed E-state index contributed by atoms with van der Waals surface area (Å²) in [5.74, 6) is 0. The van der Waals surface area contributed by atoms with E-state index in [9.17, 15) is 0 Å². The van der Waals surface area contributed by atoms with E-state index in [0.29, 0.717) is 6.54 Å². The minimum Gasteiger partial charge on any atom is -0.380 e. The standard InChI is InChI=1S/C36H25N3S/c37-21-24-18-19-25(20-30(24)38-22-23-10-2-1-3-11-23)39-31-16-8-6-14-28(31)33-34-29-15-7-9-17-32(29)40-36(34)27-13-5-4-12-26(27)35(33)39/h1-21,37-38H,22H2. The third-order valence-corrected chi connectivity index (χ3v) is 9.13. The average molecular weight is 532 g/mol. The summed E-state index contributed by atoms with van der Waals surface area (Å²) < 4.78 is 5.08. The molecular formula is C36H25N3S. The molecule has 0 amide bonds. The first-order chi connectivity index (χ1) is 19.8. The van der Waals surface area contributed by atoms with Crippen LogP contribution in [0.15, 0.2) is 121 Å². The summed E-state index contributed by atoms with van der Waals surface area (Å²) in [6.07, 6.45) is 1.43. The SMILES string of the molecule is N=Cc1ccc(-n2c3ccccc3c3c4c5ccccc5sc4c4ccccc4c32)cc1NCc1ccccc1. The van der Waals surface area contributed by atoms with E-state index in [1.54, 1.807) is 0 Å². The fourth-order valence-electron chi connectivity index (χ4n) is 6.14. The van der Waals surface area contributed by atoms with Crippen LogP contribution in [0.5, 0.6) is 0 Å². The van der Waals surface area contributed by atoms with E-state index < -0.39 is 0 Å². The van der Waals surface area contributed by atoms with Crippen LogP contribution >= 0.6 is 11.3 Å². The Labute approximate surface area is 235 Å². The normalized spacial score (nSPS) is 11.7. The highest BCUT2D eigenvalue weighted by Gasteiger charge is 2.21. The number of aromatic nitrogens is 1. The van der Waals surface area contributed by atoms with Crippen molar-refractivity contribution < 1.29 is 0 Å². The van der Waals surface area contributed by atoms with Gasteiger partial charge in [-0.3, -0.25) is 0 Å². The highest BCUT2D eigenvalue weighted by atomic mass is 32.1. The van der Waals surface area contributed by atoms with Crippen molar-refractivity contribution in [2.75, 3.05) is 5.32 Å². The zero-order chi connectivity index (χ0) is 26.6. The molecule has 0 unspecified atom stereocenters. The van der Waals surface area contributed by atoms with Gasteiger partial charge in [0.15, 0.2) is 0 Å². The molecule has 190 valence electrons. The summed E-state index contributed by atoms with van der Waals surface area (Å²) in [6, 6.07) is 43.1. The largest absolute Gasteiger partial charge is 0.380 e. The van der Waals surface area contributed by atoms with E-state index >= 15 is 0 Å². The number of para-hydroxylation sites is 1. The lowest BCUT2D eigenvalue weighted by Gasteiger charge is -2.15. The number of anilines is 1. The number of thiophene rings is 1. The molecule has 8 aromatic rings. The smallest absolute Gasteiger partial charge is 0.0626 e. The molecule has 0 fully saturated rings. The maximum absolute atomic E-state index is 8.06. The Kier molecular flexibility index (Phi) is 5.22. The summed E-state index contributed by atoms with van der Waals surface area (Å²) >= 11 is 1.89. The average Bonchev–Trinajstić information content (AvgIpc) is 3.57. The van der Waals surface area contributed by atoms with Gasteiger partial charge >= 0.3 is 0 Å².